The van der Waals surface area contributed by atoms with Crippen molar-refractivity contribution in [3.63, 3.8) is 0 Å². The Labute approximate surface area is 85.9 Å². The van der Waals surface area contributed by atoms with Gasteiger partial charge in [-0.05, 0) is 31.9 Å². The van der Waals surface area contributed by atoms with Gasteiger partial charge in [0.05, 0.1) is 5.54 Å². The van der Waals surface area contributed by atoms with Crippen LogP contribution in [-0.4, -0.2) is 11.3 Å². The van der Waals surface area contributed by atoms with Crippen LogP contribution in [0, 0.1) is 0 Å². The van der Waals surface area contributed by atoms with Gasteiger partial charge < -0.3 is 0 Å². The van der Waals surface area contributed by atoms with Crippen LogP contribution in [0.3, 0.4) is 0 Å². The molecule has 0 spiro atoms. The lowest BCUT2D eigenvalue weighted by Gasteiger charge is -2.34. The summed E-state index contributed by atoms with van der Waals surface area (Å²) >= 11 is 0. The molecule has 1 aliphatic rings. The minimum absolute atomic E-state index is 0.0401. The zero-order chi connectivity index (χ0) is 10.3. The highest BCUT2D eigenvalue weighted by Gasteiger charge is 2.32. The molecule has 1 aromatic carbocycles. The average Bonchev–Trinajstić information content (AvgIpc) is 2.14. The van der Waals surface area contributed by atoms with Crippen molar-refractivity contribution < 1.29 is 0 Å². The predicted octanol–water partition coefficient (Wildman–Crippen LogP) is 3.39. The molecule has 1 nitrogen and oxygen atoms in total. The van der Waals surface area contributed by atoms with E-state index in [-0.39, 0.29) is 5.54 Å². The van der Waals surface area contributed by atoms with Crippen LogP contribution in [0.5, 0.6) is 0 Å². The largest absolute Gasteiger partial charge is 0.283 e. The second-order valence-electron chi connectivity index (χ2n) is 4.66. The Kier molecular flexibility index (Phi) is 1.99. The quantitative estimate of drug-likeness (QED) is 0.590. The van der Waals surface area contributed by atoms with Gasteiger partial charge in [0, 0.05) is 11.6 Å². The summed E-state index contributed by atoms with van der Waals surface area (Å²) in [5, 5.41) is 0. The van der Waals surface area contributed by atoms with Crippen LogP contribution >= 0.6 is 0 Å². The van der Waals surface area contributed by atoms with Crippen LogP contribution in [0.15, 0.2) is 29.3 Å². The first-order valence-electron chi connectivity index (χ1n) is 5.18. The molecule has 0 saturated heterocycles. The third-order valence-electron chi connectivity index (χ3n) is 3.33. The van der Waals surface area contributed by atoms with Gasteiger partial charge in [0.15, 0.2) is 0 Å². The number of rotatable bonds is 0. The molecular weight excluding hydrogens is 170 g/mol. The smallest absolute Gasteiger partial charge is 0.0621 e. The van der Waals surface area contributed by atoms with Crippen LogP contribution in [-0.2, 0) is 0 Å². The molecule has 1 atom stereocenters. The van der Waals surface area contributed by atoms with E-state index in [2.05, 4.69) is 52.0 Å². The number of aliphatic imine (C=N–C) groups is 1. The summed E-state index contributed by atoms with van der Waals surface area (Å²) in [6.45, 7) is 8.77. The second-order valence-corrected chi connectivity index (χ2v) is 4.66. The Morgan fingerprint density at radius 1 is 1.21 bits per heavy atom. The van der Waals surface area contributed by atoms with Crippen LogP contribution in [0.2, 0.25) is 0 Å². The summed E-state index contributed by atoms with van der Waals surface area (Å²) in [7, 11) is 0. The summed E-state index contributed by atoms with van der Waals surface area (Å²) in [6.07, 6.45) is 0. The lowest BCUT2D eigenvalue weighted by molar-refractivity contribution is 0.431. The highest BCUT2D eigenvalue weighted by molar-refractivity contribution is 6.01. The fraction of sp³-hybridized carbons (Fsp3) is 0.462. The van der Waals surface area contributed by atoms with E-state index in [1.165, 1.54) is 16.8 Å². The normalized spacial score (nSPS) is 24.0. The number of nitrogens with zero attached hydrogens (tertiary/aromatic N) is 1. The summed E-state index contributed by atoms with van der Waals surface area (Å²) in [4.78, 5) is 4.75. The second kappa shape index (κ2) is 2.94. The minimum atomic E-state index is 0.0401. The van der Waals surface area contributed by atoms with Gasteiger partial charge in [-0.15, -0.1) is 0 Å². The predicted molar refractivity (Wildman–Crippen MR) is 61.1 cm³/mol. The van der Waals surface area contributed by atoms with Gasteiger partial charge in [-0.3, -0.25) is 4.99 Å². The topological polar surface area (TPSA) is 12.4 Å². The van der Waals surface area contributed by atoms with Crippen molar-refractivity contribution in [3.05, 3.63) is 35.4 Å². The van der Waals surface area contributed by atoms with Crippen LogP contribution in [0.1, 0.15) is 44.7 Å². The van der Waals surface area contributed by atoms with Gasteiger partial charge >= 0.3 is 0 Å². The van der Waals surface area contributed by atoms with E-state index in [4.69, 9.17) is 4.99 Å². The monoisotopic (exact) mass is 187 g/mol. The number of fused-ring (bicyclic) bond motifs is 1. The molecule has 1 heteroatoms. The summed E-state index contributed by atoms with van der Waals surface area (Å²) in [6, 6.07) is 8.59. The molecule has 14 heavy (non-hydrogen) atoms. The van der Waals surface area contributed by atoms with Crippen LogP contribution in [0.4, 0.5) is 0 Å². The van der Waals surface area contributed by atoms with E-state index >= 15 is 0 Å². The molecule has 0 aliphatic carbocycles. The molecule has 0 N–H and O–H groups in total. The van der Waals surface area contributed by atoms with Crippen molar-refractivity contribution in [2.24, 2.45) is 4.99 Å². The first-order valence-corrected chi connectivity index (χ1v) is 5.18. The van der Waals surface area contributed by atoms with Crippen molar-refractivity contribution in [3.8, 4) is 0 Å². The Hall–Kier alpha value is -1.11. The molecule has 0 radical (unpaired) electrons. The van der Waals surface area contributed by atoms with E-state index in [1.54, 1.807) is 0 Å². The molecule has 1 aromatic rings. The molecule has 2 rings (SSSR count). The van der Waals surface area contributed by atoms with Gasteiger partial charge in [-0.25, -0.2) is 0 Å². The Balaban J connectivity index is 2.63. The molecular formula is C13H17N. The molecule has 0 amide bonds. The highest BCUT2D eigenvalue weighted by Crippen LogP contribution is 2.37. The van der Waals surface area contributed by atoms with Gasteiger partial charge in [0.1, 0.15) is 0 Å². The lowest BCUT2D eigenvalue weighted by Crippen LogP contribution is -2.31. The molecule has 0 bridgehead atoms. The molecule has 1 aliphatic heterocycles. The molecule has 0 fully saturated rings. The van der Waals surface area contributed by atoms with Gasteiger partial charge in [0.2, 0.25) is 0 Å². The fourth-order valence-electron chi connectivity index (χ4n) is 2.17. The minimum Gasteiger partial charge on any atom is -0.283 e. The van der Waals surface area contributed by atoms with Crippen molar-refractivity contribution >= 4 is 5.71 Å². The number of hydrogen-bond acceptors (Lipinski definition) is 1. The fourth-order valence-corrected chi connectivity index (χ4v) is 2.17. The summed E-state index contributed by atoms with van der Waals surface area (Å²) in [5.41, 5.74) is 3.96. The molecule has 0 saturated carbocycles. The third-order valence-corrected chi connectivity index (χ3v) is 3.33. The average molecular weight is 187 g/mol. The SMILES string of the molecule is CC1=NC(C)(C)C(C)c2ccccc21. The Morgan fingerprint density at radius 3 is 2.57 bits per heavy atom. The number of hydrogen-bond donors (Lipinski definition) is 0. The van der Waals surface area contributed by atoms with E-state index in [1.807, 2.05) is 0 Å². The first kappa shape index (κ1) is 9.45. The molecule has 1 unspecified atom stereocenters. The standard InChI is InChI=1S/C13H17N/c1-9-11-7-5-6-8-12(11)10(2)14-13(9,3)4/h5-9H,1-4H3. The number of benzene rings is 1. The van der Waals surface area contributed by atoms with Crippen molar-refractivity contribution in [1.82, 2.24) is 0 Å². The van der Waals surface area contributed by atoms with Gasteiger partial charge in [-0.2, -0.15) is 0 Å². The van der Waals surface area contributed by atoms with E-state index in [0.717, 1.165) is 0 Å². The zero-order valence-electron chi connectivity index (χ0n) is 9.33. The van der Waals surface area contributed by atoms with Crippen molar-refractivity contribution in [2.75, 3.05) is 0 Å². The zero-order valence-corrected chi connectivity index (χ0v) is 9.33. The lowest BCUT2D eigenvalue weighted by atomic mass is 9.78. The molecule has 1 heterocycles. The Bertz CT molecular complexity index is 388. The van der Waals surface area contributed by atoms with E-state index < -0.39 is 0 Å². The van der Waals surface area contributed by atoms with E-state index in [0.29, 0.717) is 5.92 Å². The van der Waals surface area contributed by atoms with Gasteiger partial charge in [-0.1, -0.05) is 31.2 Å². The Morgan fingerprint density at radius 2 is 1.86 bits per heavy atom. The van der Waals surface area contributed by atoms with Crippen LogP contribution in [0.25, 0.3) is 0 Å². The highest BCUT2D eigenvalue weighted by atomic mass is 14.9. The maximum atomic E-state index is 4.75. The van der Waals surface area contributed by atoms with Crippen LogP contribution < -0.4 is 0 Å². The van der Waals surface area contributed by atoms with Gasteiger partial charge in [0.25, 0.3) is 0 Å². The maximum absolute atomic E-state index is 4.75. The van der Waals surface area contributed by atoms with Crippen molar-refractivity contribution in [1.29, 1.82) is 0 Å². The van der Waals surface area contributed by atoms with E-state index in [9.17, 15) is 0 Å². The summed E-state index contributed by atoms with van der Waals surface area (Å²) in [5.74, 6) is 0.502. The third kappa shape index (κ3) is 1.28. The molecule has 74 valence electrons. The summed E-state index contributed by atoms with van der Waals surface area (Å²) < 4.78 is 0. The maximum Gasteiger partial charge on any atom is 0.0621 e. The molecule has 0 aromatic heterocycles. The van der Waals surface area contributed by atoms with Crippen molar-refractivity contribution in [2.45, 2.75) is 39.2 Å². The first-order chi connectivity index (χ1) is 6.52.